The molecule has 4 unspecified atom stereocenters. The molecule has 2 aliphatic carbocycles. The maximum Gasteiger partial charge on any atom is 0.0541 e. The van der Waals surface area contributed by atoms with E-state index < -0.39 is 0 Å². The van der Waals surface area contributed by atoms with E-state index in [0.29, 0.717) is 5.25 Å². The van der Waals surface area contributed by atoms with Crippen molar-refractivity contribution in [2.24, 2.45) is 23.5 Å². The van der Waals surface area contributed by atoms with Crippen molar-refractivity contribution in [3.8, 4) is 0 Å². The highest BCUT2D eigenvalue weighted by Gasteiger charge is 2.42. The lowest BCUT2D eigenvalue weighted by Gasteiger charge is -2.29. The Kier molecular flexibility index (Phi) is 3.88. The first-order chi connectivity index (χ1) is 8.78. The van der Waals surface area contributed by atoms with E-state index in [9.17, 15) is 0 Å². The normalized spacial score (nSPS) is 31.8. The molecule has 0 spiro atoms. The Bertz CT molecular complexity index is 423. The van der Waals surface area contributed by atoms with Crippen molar-refractivity contribution in [2.45, 2.75) is 35.8 Å². The Balaban J connectivity index is 1.72. The molecule has 98 valence electrons. The Labute approximate surface area is 118 Å². The van der Waals surface area contributed by atoms with Gasteiger partial charge in [-0.15, -0.1) is 11.8 Å². The summed E-state index contributed by atoms with van der Waals surface area (Å²) in [5.41, 5.74) is 6.02. The van der Waals surface area contributed by atoms with Crippen molar-refractivity contribution < 1.29 is 0 Å². The first-order valence-electron chi connectivity index (χ1n) is 6.89. The minimum Gasteiger partial charge on any atom is -0.329 e. The highest BCUT2D eigenvalue weighted by Crippen LogP contribution is 2.52. The van der Waals surface area contributed by atoms with Gasteiger partial charge in [-0.3, -0.25) is 0 Å². The molecule has 1 nitrogen and oxygen atoms in total. The molecule has 0 aromatic heterocycles. The predicted molar refractivity (Wildman–Crippen MR) is 79.1 cm³/mol. The van der Waals surface area contributed by atoms with E-state index in [0.717, 1.165) is 29.3 Å². The van der Waals surface area contributed by atoms with Crippen LogP contribution >= 0.6 is 23.4 Å². The third-order valence-corrected chi connectivity index (χ3v) is 6.51. The van der Waals surface area contributed by atoms with Gasteiger partial charge in [0.15, 0.2) is 0 Å². The number of thioether (sulfide) groups is 1. The number of nitrogens with two attached hydrogens (primary N) is 1. The quantitative estimate of drug-likeness (QED) is 0.837. The van der Waals surface area contributed by atoms with Crippen LogP contribution < -0.4 is 5.73 Å². The van der Waals surface area contributed by atoms with E-state index >= 15 is 0 Å². The monoisotopic (exact) mass is 281 g/mol. The Morgan fingerprint density at radius 1 is 1.28 bits per heavy atom. The van der Waals surface area contributed by atoms with Crippen LogP contribution in [0.4, 0.5) is 0 Å². The molecule has 0 heterocycles. The van der Waals surface area contributed by atoms with Gasteiger partial charge in [-0.05, 0) is 49.1 Å². The van der Waals surface area contributed by atoms with Gasteiger partial charge in [0, 0.05) is 16.7 Å². The summed E-state index contributed by atoms with van der Waals surface area (Å²) >= 11 is 8.14. The van der Waals surface area contributed by atoms with E-state index in [1.165, 1.54) is 30.6 Å². The number of hydrogen-bond acceptors (Lipinski definition) is 2. The largest absolute Gasteiger partial charge is 0.329 e. The van der Waals surface area contributed by atoms with Crippen LogP contribution in [0.5, 0.6) is 0 Å². The van der Waals surface area contributed by atoms with Crippen molar-refractivity contribution in [3.05, 3.63) is 29.3 Å². The molecule has 0 saturated heterocycles. The first-order valence-corrected chi connectivity index (χ1v) is 8.15. The molecule has 0 radical (unpaired) electrons. The summed E-state index contributed by atoms with van der Waals surface area (Å²) in [4.78, 5) is 1.19. The van der Waals surface area contributed by atoms with Crippen LogP contribution in [0.2, 0.25) is 5.02 Å². The summed E-state index contributed by atoms with van der Waals surface area (Å²) in [7, 11) is 0. The summed E-state index contributed by atoms with van der Waals surface area (Å²) in [6.45, 7) is 0.768. The molecule has 18 heavy (non-hydrogen) atoms. The van der Waals surface area contributed by atoms with Gasteiger partial charge in [-0.2, -0.15) is 0 Å². The van der Waals surface area contributed by atoms with Gasteiger partial charge in [-0.1, -0.05) is 30.2 Å². The van der Waals surface area contributed by atoms with Crippen molar-refractivity contribution >= 4 is 23.4 Å². The molecular formula is C15H20ClNS. The number of hydrogen-bond donors (Lipinski definition) is 1. The fraction of sp³-hybridized carbons (Fsp3) is 0.600. The molecule has 2 aliphatic rings. The molecule has 1 aromatic rings. The van der Waals surface area contributed by atoms with E-state index in [1.54, 1.807) is 0 Å². The Hall–Kier alpha value is -0.180. The molecule has 0 aliphatic heterocycles. The SMILES string of the molecule is NCC(Sc1ccccc1Cl)C1CC2CCC1C2. The molecule has 3 rings (SSSR count). The van der Waals surface area contributed by atoms with Gasteiger partial charge in [-0.25, -0.2) is 0 Å². The van der Waals surface area contributed by atoms with E-state index in [2.05, 4.69) is 12.1 Å². The van der Waals surface area contributed by atoms with Gasteiger partial charge in [0.05, 0.1) is 5.02 Å². The lowest BCUT2D eigenvalue weighted by atomic mass is 9.86. The molecule has 0 amide bonds. The topological polar surface area (TPSA) is 26.0 Å². The molecule has 1 aromatic carbocycles. The molecular weight excluding hydrogens is 262 g/mol. The number of rotatable bonds is 4. The summed E-state index contributed by atoms with van der Waals surface area (Å²) in [6, 6.07) is 8.13. The predicted octanol–water partition coefficient (Wildman–Crippen LogP) is 4.20. The summed E-state index contributed by atoms with van der Waals surface area (Å²) in [5, 5.41) is 1.41. The summed E-state index contributed by atoms with van der Waals surface area (Å²) in [6.07, 6.45) is 5.72. The average molecular weight is 282 g/mol. The maximum absolute atomic E-state index is 6.25. The zero-order valence-corrected chi connectivity index (χ0v) is 12.1. The molecule has 3 heteroatoms. The van der Waals surface area contributed by atoms with Crippen LogP contribution in [0.3, 0.4) is 0 Å². The van der Waals surface area contributed by atoms with Crippen LogP contribution in [0.25, 0.3) is 0 Å². The molecule has 2 bridgehead atoms. The lowest BCUT2D eigenvalue weighted by molar-refractivity contribution is 0.326. The van der Waals surface area contributed by atoms with Crippen molar-refractivity contribution in [1.82, 2.24) is 0 Å². The second-order valence-corrected chi connectivity index (χ2v) is 7.35. The zero-order valence-electron chi connectivity index (χ0n) is 10.5. The standard InChI is InChI=1S/C15H20ClNS/c16-13-3-1-2-4-14(13)18-15(9-17)12-8-10-5-6-11(12)7-10/h1-4,10-12,15H,5-9,17H2. The third-order valence-electron chi connectivity index (χ3n) is 4.62. The minimum absolute atomic E-state index is 0.542. The molecule has 2 saturated carbocycles. The van der Waals surface area contributed by atoms with E-state index in [1.807, 2.05) is 23.9 Å². The molecule has 2 fully saturated rings. The number of fused-ring (bicyclic) bond motifs is 2. The van der Waals surface area contributed by atoms with Crippen molar-refractivity contribution in [1.29, 1.82) is 0 Å². The van der Waals surface area contributed by atoms with Crippen LogP contribution in [-0.2, 0) is 0 Å². The number of benzene rings is 1. The highest BCUT2D eigenvalue weighted by atomic mass is 35.5. The van der Waals surface area contributed by atoms with Gasteiger partial charge in [0.2, 0.25) is 0 Å². The highest BCUT2D eigenvalue weighted by molar-refractivity contribution is 8.00. The minimum atomic E-state index is 0.542. The van der Waals surface area contributed by atoms with Crippen molar-refractivity contribution in [3.63, 3.8) is 0 Å². The lowest BCUT2D eigenvalue weighted by Crippen LogP contribution is -2.30. The average Bonchev–Trinajstić information content (AvgIpc) is 3.00. The van der Waals surface area contributed by atoms with Gasteiger partial charge >= 0.3 is 0 Å². The summed E-state index contributed by atoms with van der Waals surface area (Å²) in [5.74, 6) is 2.73. The second kappa shape index (κ2) is 5.44. The van der Waals surface area contributed by atoms with Crippen LogP contribution in [-0.4, -0.2) is 11.8 Å². The van der Waals surface area contributed by atoms with Crippen LogP contribution in [0.15, 0.2) is 29.2 Å². The Morgan fingerprint density at radius 3 is 2.72 bits per heavy atom. The zero-order chi connectivity index (χ0) is 12.5. The molecule has 4 atom stereocenters. The Morgan fingerprint density at radius 2 is 2.11 bits per heavy atom. The number of halogens is 1. The van der Waals surface area contributed by atoms with Gasteiger partial charge < -0.3 is 5.73 Å². The first kappa shape index (κ1) is 12.8. The van der Waals surface area contributed by atoms with Crippen molar-refractivity contribution in [2.75, 3.05) is 6.54 Å². The van der Waals surface area contributed by atoms with Gasteiger partial charge in [0.25, 0.3) is 0 Å². The van der Waals surface area contributed by atoms with E-state index in [-0.39, 0.29) is 0 Å². The fourth-order valence-electron chi connectivity index (χ4n) is 3.76. The van der Waals surface area contributed by atoms with Crippen LogP contribution in [0.1, 0.15) is 25.7 Å². The third kappa shape index (κ3) is 2.43. The smallest absolute Gasteiger partial charge is 0.0541 e. The second-order valence-electron chi connectivity index (χ2n) is 5.66. The summed E-state index contributed by atoms with van der Waals surface area (Å²) < 4.78 is 0. The van der Waals surface area contributed by atoms with Crippen LogP contribution in [0, 0.1) is 17.8 Å². The maximum atomic E-state index is 6.25. The van der Waals surface area contributed by atoms with E-state index in [4.69, 9.17) is 17.3 Å². The molecule has 2 N–H and O–H groups in total. The fourth-order valence-corrected chi connectivity index (χ4v) is 5.30. The van der Waals surface area contributed by atoms with Gasteiger partial charge in [0.1, 0.15) is 0 Å².